The van der Waals surface area contributed by atoms with Gasteiger partial charge in [0.2, 0.25) is 0 Å². The van der Waals surface area contributed by atoms with Gasteiger partial charge in [-0.25, -0.2) is 0 Å². The van der Waals surface area contributed by atoms with Crippen LogP contribution >= 0.6 is 0 Å². The Bertz CT molecular complexity index is 523. The van der Waals surface area contributed by atoms with Crippen molar-refractivity contribution in [1.82, 2.24) is 15.1 Å². The third-order valence-electron chi connectivity index (χ3n) is 3.71. The summed E-state index contributed by atoms with van der Waals surface area (Å²) in [5.41, 5.74) is 1.12. The van der Waals surface area contributed by atoms with Crippen LogP contribution in [0.15, 0.2) is 24.3 Å². The summed E-state index contributed by atoms with van der Waals surface area (Å²) in [5.74, 6) is -0.123. The Labute approximate surface area is 146 Å². The molecule has 1 rings (SSSR count). The average Bonchev–Trinajstić information content (AvgIpc) is 2.57. The van der Waals surface area contributed by atoms with Gasteiger partial charge in [-0.15, -0.1) is 0 Å². The van der Waals surface area contributed by atoms with Crippen molar-refractivity contribution in [2.24, 2.45) is 0 Å². The van der Waals surface area contributed by atoms with Crippen molar-refractivity contribution < 1.29 is 9.59 Å². The van der Waals surface area contributed by atoms with Crippen LogP contribution in [-0.2, 0) is 0 Å². The number of benzene rings is 1. The lowest BCUT2D eigenvalue weighted by atomic mass is 10.1. The zero-order valence-electron chi connectivity index (χ0n) is 15.5. The molecule has 24 heavy (non-hydrogen) atoms. The van der Waals surface area contributed by atoms with E-state index in [9.17, 15) is 9.59 Å². The number of nitrogens with one attached hydrogen (secondary N) is 1. The number of hydrogen-bond donors (Lipinski definition) is 1. The van der Waals surface area contributed by atoms with Gasteiger partial charge >= 0.3 is 0 Å². The number of rotatable bonds is 10. The molecule has 0 fully saturated rings. The van der Waals surface area contributed by atoms with Gasteiger partial charge in [-0.1, -0.05) is 19.9 Å². The topological polar surface area (TPSA) is 52.7 Å². The lowest BCUT2D eigenvalue weighted by Crippen LogP contribution is -2.33. The highest BCUT2D eigenvalue weighted by atomic mass is 16.2. The second-order valence-corrected chi connectivity index (χ2v) is 6.29. The van der Waals surface area contributed by atoms with Gasteiger partial charge in [0.05, 0.1) is 0 Å². The van der Waals surface area contributed by atoms with Gasteiger partial charge in [-0.2, -0.15) is 0 Å². The molecule has 5 nitrogen and oxygen atoms in total. The van der Waals surface area contributed by atoms with Crippen LogP contribution in [0.25, 0.3) is 0 Å². The summed E-state index contributed by atoms with van der Waals surface area (Å²) >= 11 is 0. The summed E-state index contributed by atoms with van der Waals surface area (Å²) < 4.78 is 0. The van der Waals surface area contributed by atoms with Gasteiger partial charge in [-0.05, 0) is 58.1 Å². The monoisotopic (exact) mass is 333 g/mol. The van der Waals surface area contributed by atoms with Gasteiger partial charge in [-0.3, -0.25) is 9.59 Å². The van der Waals surface area contributed by atoms with Crippen molar-refractivity contribution in [2.75, 3.05) is 40.3 Å². The standard InChI is InChI=1S/C19H31N3O2/c1-5-12-22(13-6-2)19(24)17-10-7-9-16(15-17)18(23)20-11-8-14-21(3)4/h7,9-10,15H,5-6,8,11-14H2,1-4H3,(H,20,23). The van der Waals surface area contributed by atoms with Crippen molar-refractivity contribution >= 4 is 11.8 Å². The van der Waals surface area contributed by atoms with E-state index in [2.05, 4.69) is 24.1 Å². The number of hydrogen-bond acceptors (Lipinski definition) is 3. The molecule has 1 N–H and O–H groups in total. The molecule has 0 saturated heterocycles. The van der Waals surface area contributed by atoms with Crippen LogP contribution < -0.4 is 5.32 Å². The highest BCUT2D eigenvalue weighted by molar-refractivity contribution is 5.99. The zero-order chi connectivity index (χ0) is 17.9. The smallest absolute Gasteiger partial charge is 0.253 e. The summed E-state index contributed by atoms with van der Waals surface area (Å²) in [4.78, 5) is 28.8. The van der Waals surface area contributed by atoms with Crippen LogP contribution in [0, 0.1) is 0 Å². The van der Waals surface area contributed by atoms with E-state index in [1.807, 2.05) is 19.0 Å². The predicted octanol–water partition coefficient (Wildman–Crippen LogP) is 2.63. The van der Waals surface area contributed by atoms with Crippen molar-refractivity contribution in [2.45, 2.75) is 33.1 Å². The molecule has 0 radical (unpaired) electrons. The Kier molecular flexibility index (Phi) is 9.08. The quantitative estimate of drug-likeness (QED) is 0.670. The Hall–Kier alpha value is -1.88. The summed E-state index contributed by atoms with van der Waals surface area (Å²) in [6.07, 6.45) is 2.76. The molecule has 0 aromatic heterocycles. The average molecular weight is 333 g/mol. The van der Waals surface area contributed by atoms with Crippen molar-refractivity contribution in [3.63, 3.8) is 0 Å². The van der Waals surface area contributed by atoms with E-state index < -0.39 is 0 Å². The van der Waals surface area contributed by atoms with Crippen molar-refractivity contribution in [3.05, 3.63) is 35.4 Å². The van der Waals surface area contributed by atoms with Crippen LogP contribution in [0.1, 0.15) is 53.8 Å². The van der Waals surface area contributed by atoms with E-state index in [0.29, 0.717) is 17.7 Å². The molecule has 1 aromatic carbocycles. The lowest BCUT2D eigenvalue weighted by molar-refractivity contribution is 0.0755. The van der Waals surface area contributed by atoms with Crippen LogP contribution in [0.4, 0.5) is 0 Å². The van der Waals surface area contributed by atoms with Crippen LogP contribution in [0.5, 0.6) is 0 Å². The molecule has 0 aliphatic heterocycles. The molecule has 5 heteroatoms. The fraction of sp³-hybridized carbons (Fsp3) is 0.579. The molecule has 1 aromatic rings. The van der Waals surface area contributed by atoms with E-state index in [-0.39, 0.29) is 11.8 Å². The second-order valence-electron chi connectivity index (χ2n) is 6.29. The molecule has 0 saturated carbocycles. The summed E-state index contributed by atoms with van der Waals surface area (Å²) in [6.45, 7) is 7.18. The molecule has 0 unspecified atom stereocenters. The number of carbonyl (C=O) groups excluding carboxylic acids is 2. The summed E-state index contributed by atoms with van der Waals surface area (Å²) in [7, 11) is 4.02. The highest BCUT2D eigenvalue weighted by Crippen LogP contribution is 2.10. The first-order valence-corrected chi connectivity index (χ1v) is 8.81. The lowest BCUT2D eigenvalue weighted by Gasteiger charge is -2.21. The first-order chi connectivity index (χ1) is 11.5. The van der Waals surface area contributed by atoms with Gasteiger partial charge in [0, 0.05) is 30.8 Å². The highest BCUT2D eigenvalue weighted by Gasteiger charge is 2.15. The first kappa shape index (κ1) is 20.2. The van der Waals surface area contributed by atoms with Crippen LogP contribution in [0.3, 0.4) is 0 Å². The third kappa shape index (κ3) is 6.71. The van der Waals surface area contributed by atoms with Gasteiger partial charge in [0.25, 0.3) is 11.8 Å². The molecular weight excluding hydrogens is 302 g/mol. The summed E-state index contributed by atoms with van der Waals surface area (Å²) in [6, 6.07) is 7.01. The Balaban J connectivity index is 2.70. The fourth-order valence-corrected chi connectivity index (χ4v) is 2.53. The maximum absolute atomic E-state index is 12.6. The molecule has 134 valence electrons. The van der Waals surface area contributed by atoms with Crippen LogP contribution in [-0.4, -0.2) is 61.9 Å². The minimum atomic E-state index is -0.124. The molecule has 0 spiro atoms. The summed E-state index contributed by atoms with van der Waals surface area (Å²) in [5, 5.41) is 2.91. The van der Waals surface area contributed by atoms with Gasteiger partial charge < -0.3 is 15.1 Å². The molecule has 0 bridgehead atoms. The van der Waals surface area contributed by atoms with Crippen molar-refractivity contribution in [1.29, 1.82) is 0 Å². The number of carbonyl (C=O) groups is 2. The fourth-order valence-electron chi connectivity index (χ4n) is 2.53. The molecule has 0 heterocycles. The Morgan fingerprint density at radius 3 is 2.21 bits per heavy atom. The molecular formula is C19H31N3O2. The normalized spacial score (nSPS) is 10.7. The second kappa shape index (κ2) is 10.8. The zero-order valence-corrected chi connectivity index (χ0v) is 15.5. The Morgan fingerprint density at radius 2 is 1.62 bits per heavy atom. The Morgan fingerprint density at radius 1 is 1.00 bits per heavy atom. The van der Waals surface area contributed by atoms with E-state index in [4.69, 9.17) is 0 Å². The molecule has 0 aliphatic carbocycles. The third-order valence-corrected chi connectivity index (χ3v) is 3.71. The number of nitrogens with zero attached hydrogens (tertiary/aromatic N) is 2. The van der Waals surface area contributed by atoms with Gasteiger partial charge in [0.15, 0.2) is 0 Å². The minimum Gasteiger partial charge on any atom is -0.352 e. The van der Waals surface area contributed by atoms with Crippen LogP contribution in [0.2, 0.25) is 0 Å². The number of amides is 2. The molecule has 0 atom stereocenters. The molecule has 0 aliphatic rings. The first-order valence-electron chi connectivity index (χ1n) is 8.81. The predicted molar refractivity (Wildman–Crippen MR) is 98.4 cm³/mol. The van der Waals surface area contributed by atoms with E-state index in [1.165, 1.54) is 0 Å². The maximum atomic E-state index is 12.6. The van der Waals surface area contributed by atoms with E-state index in [0.717, 1.165) is 38.9 Å². The minimum absolute atomic E-state index is 0.000887. The van der Waals surface area contributed by atoms with E-state index >= 15 is 0 Å². The largest absolute Gasteiger partial charge is 0.352 e. The van der Waals surface area contributed by atoms with E-state index in [1.54, 1.807) is 24.3 Å². The van der Waals surface area contributed by atoms with Gasteiger partial charge in [0.1, 0.15) is 0 Å². The maximum Gasteiger partial charge on any atom is 0.253 e. The SMILES string of the molecule is CCCN(CCC)C(=O)c1cccc(C(=O)NCCCN(C)C)c1. The van der Waals surface area contributed by atoms with Crippen molar-refractivity contribution in [3.8, 4) is 0 Å². The molecule has 2 amide bonds.